The Balaban J connectivity index is 0.000000197. The van der Waals surface area contributed by atoms with Crippen molar-refractivity contribution in [1.29, 1.82) is 0 Å². The molecule has 0 bridgehead atoms. The molecule has 36 heavy (non-hydrogen) atoms. The molecule has 0 amide bonds. The lowest BCUT2D eigenvalue weighted by Crippen LogP contribution is -2.41. The molecule has 196 valence electrons. The second-order valence-corrected chi connectivity index (χ2v) is 10.7. The van der Waals surface area contributed by atoms with Gasteiger partial charge in [-0.2, -0.15) is 0 Å². The van der Waals surface area contributed by atoms with Crippen LogP contribution < -0.4 is 10.1 Å². The molecule has 0 unspecified atom stereocenters. The number of hydrogen-bond donors (Lipinski definition) is 3. The second kappa shape index (κ2) is 12.7. The van der Waals surface area contributed by atoms with Gasteiger partial charge in [0, 0.05) is 30.5 Å². The van der Waals surface area contributed by atoms with Crippen LogP contribution in [0.4, 0.5) is 4.39 Å². The van der Waals surface area contributed by atoms with Gasteiger partial charge in [0.1, 0.15) is 23.3 Å². The van der Waals surface area contributed by atoms with Crippen LogP contribution in [0.25, 0.3) is 0 Å². The summed E-state index contributed by atoms with van der Waals surface area (Å²) in [6, 6.07) is 15.2. The number of ether oxygens (including phenoxy) is 1. The van der Waals surface area contributed by atoms with E-state index in [1.165, 1.54) is 76.3 Å². The van der Waals surface area contributed by atoms with Gasteiger partial charge in [-0.05, 0) is 49.4 Å². The number of aliphatic hydroxyl groups is 1. The molecule has 0 radical (unpaired) electrons. The molecule has 3 aliphatic rings. The number of carboxylic acid groups (broad SMARTS) is 1. The number of benzene rings is 2. The standard InChI is InChI=1S/C18H17FO4.C12H23N/c19-13-6-7-16-15(9-13)18(22,11-17(20)21)10-14(23-16)8-12-4-2-1-3-5-12;1-3-7-11(8-4-1)13-12-9-5-2-6-10-12/h1-7,9,14,22H,8,10-11H2,(H,20,21);11-13H,1-10H2/t14-,18-;/m1./s1. The minimum Gasteiger partial charge on any atom is -0.490 e. The third kappa shape index (κ3) is 7.53. The van der Waals surface area contributed by atoms with Gasteiger partial charge in [-0.15, -0.1) is 0 Å². The van der Waals surface area contributed by atoms with Crippen molar-refractivity contribution in [2.45, 2.75) is 107 Å². The molecule has 2 fully saturated rings. The Hall–Kier alpha value is -2.44. The third-order valence-electron chi connectivity index (χ3n) is 7.73. The molecule has 0 saturated heterocycles. The van der Waals surface area contributed by atoms with Crippen LogP contribution in [-0.4, -0.2) is 34.4 Å². The van der Waals surface area contributed by atoms with Gasteiger partial charge in [0.15, 0.2) is 0 Å². The maximum absolute atomic E-state index is 13.5. The Morgan fingerprint density at radius 2 is 1.56 bits per heavy atom. The van der Waals surface area contributed by atoms with Crippen molar-refractivity contribution < 1.29 is 24.1 Å². The number of carbonyl (C=O) groups is 1. The van der Waals surface area contributed by atoms with Crippen LogP contribution in [0.5, 0.6) is 5.75 Å². The van der Waals surface area contributed by atoms with Crippen LogP contribution >= 0.6 is 0 Å². The first kappa shape index (κ1) is 26.6. The molecular weight excluding hydrogens is 457 g/mol. The highest BCUT2D eigenvalue weighted by molar-refractivity contribution is 5.69. The Morgan fingerprint density at radius 3 is 2.14 bits per heavy atom. The largest absolute Gasteiger partial charge is 0.490 e. The van der Waals surface area contributed by atoms with Gasteiger partial charge in [-0.3, -0.25) is 4.79 Å². The number of nitrogens with one attached hydrogen (secondary N) is 1. The van der Waals surface area contributed by atoms with E-state index in [2.05, 4.69) is 5.32 Å². The van der Waals surface area contributed by atoms with Crippen molar-refractivity contribution in [1.82, 2.24) is 5.32 Å². The molecule has 5 nitrogen and oxygen atoms in total. The average molecular weight is 498 g/mol. The predicted octanol–water partition coefficient (Wildman–Crippen LogP) is 6.12. The summed E-state index contributed by atoms with van der Waals surface area (Å²) in [7, 11) is 0. The zero-order valence-corrected chi connectivity index (χ0v) is 21.1. The van der Waals surface area contributed by atoms with E-state index in [1.54, 1.807) is 0 Å². The number of halogens is 1. The zero-order chi connectivity index (χ0) is 25.4. The number of fused-ring (bicyclic) bond motifs is 1. The number of hydrogen-bond acceptors (Lipinski definition) is 4. The monoisotopic (exact) mass is 497 g/mol. The highest BCUT2D eigenvalue weighted by Gasteiger charge is 2.42. The SMILES string of the molecule is C1CCC(NC2CCCCC2)CC1.O=C(O)C[C@]1(O)C[C@@H](Cc2ccccc2)Oc2ccc(F)cc21. The third-order valence-corrected chi connectivity index (χ3v) is 7.73. The average Bonchev–Trinajstić information content (AvgIpc) is 2.86. The quantitative estimate of drug-likeness (QED) is 0.448. The summed E-state index contributed by atoms with van der Waals surface area (Å²) in [5.74, 6) is -1.33. The molecule has 6 heteroatoms. The van der Waals surface area contributed by atoms with E-state index in [1.807, 2.05) is 30.3 Å². The highest BCUT2D eigenvalue weighted by atomic mass is 19.1. The fourth-order valence-electron chi connectivity index (χ4n) is 5.96. The first-order valence-corrected chi connectivity index (χ1v) is 13.6. The van der Waals surface area contributed by atoms with Gasteiger partial charge in [-0.1, -0.05) is 68.9 Å². The molecular formula is C30H40FNO4. The minimum atomic E-state index is -1.64. The maximum atomic E-state index is 13.5. The van der Waals surface area contributed by atoms with Gasteiger partial charge >= 0.3 is 5.97 Å². The fourth-order valence-corrected chi connectivity index (χ4v) is 5.96. The van der Waals surface area contributed by atoms with Crippen molar-refractivity contribution in [3.63, 3.8) is 0 Å². The van der Waals surface area contributed by atoms with Gasteiger partial charge in [0.25, 0.3) is 0 Å². The van der Waals surface area contributed by atoms with Crippen LogP contribution in [0.2, 0.25) is 0 Å². The maximum Gasteiger partial charge on any atom is 0.306 e. The van der Waals surface area contributed by atoms with Gasteiger partial charge in [0.2, 0.25) is 0 Å². The van der Waals surface area contributed by atoms with Gasteiger partial charge in [0.05, 0.1) is 6.42 Å². The Bertz CT molecular complexity index is 956. The minimum absolute atomic E-state index is 0.102. The second-order valence-electron chi connectivity index (χ2n) is 10.7. The molecule has 2 aliphatic carbocycles. The van der Waals surface area contributed by atoms with Gasteiger partial charge < -0.3 is 20.3 Å². The molecule has 1 heterocycles. The molecule has 0 aromatic heterocycles. The zero-order valence-electron chi connectivity index (χ0n) is 21.1. The summed E-state index contributed by atoms with van der Waals surface area (Å²) in [5, 5.41) is 23.8. The molecule has 2 atom stereocenters. The Morgan fingerprint density at radius 1 is 0.944 bits per heavy atom. The molecule has 5 rings (SSSR count). The Labute approximate surface area is 214 Å². The van der Waals surface area contributed by atoms with Crippen LogP contribution in [0.15, 0.2) is 48.5 Å². The summed E-state index contributed by atoms with van der Waals surface area (Å²) in [6.45, 7) is 0. The lowest BCUT2D eigenvalue weighted by molar-refractivity contribution is -0.145. The smallest absolute Gasteiger partial charge is 0.306 e. The molecule has 2 aromatic carbocycles. The van der Waals surface area contributed by atoms with E-state index in [-0.39, 0.29) is 18.1 Å². The highest BCUT2D eigenvalue weighted by Crippen LogP contribution is 2.42. The van der Waals surface area contributed by atoms with Crippen LogP contribution in [0.3, 0.4) is 0 Å². The molecule has 0 spiro atoms. The summed E-state index contributed by atoms with van der Waals surface area (Å²) < 4.78 is 19.4. The number of aliphatic carboxylic acids is 1. The van der Waals surface area contributed by atoms with Crippen LogP contribution in [-0.2, 0) is 16.8 Å². The lowest BCUT2D eigenvalue weighted by Gasteiger charge is -2.38. The van der Waals surface area contributed by atoms with Crippen molar-refractivity contribution in [2.24, 2.45) is 0 Å². The molecule has 3 N–H and O–H groups in total. The fraction of sp³-hybridized carbons (Fsp3) is 0.567. The summed E-state index contributed by atoms with van der Waals surface area (Å²) in [5.41, 5.74) is -0.411. The lowest BCUT2D eigenvalue weighted by atomic mass is 9.81. The number of carboxylic acids is 1. The van der Waals surface area contributed by atoms with Crippen molar-refractivity contribution in [3.8, 4) is 5.75 Å². The molecule has 2 aromatic rings. The topological polar surface area (TPSA) is 78.8 Å². The summed E-state index contributed by atoms with van der Waals surface area (Å²) in [4.78, 5) is 11.1. The van der Waals surface area contributed by atoms with Crippen LogP contribution in [0, 0.1) is 5.82 Å². The first-order valence-electron chi connectivity index (χ1n) is 13.6. The normalized spacial score (nSPS) is 24.7. The van der Waals surface area contributed by atoms with Crippen molar-refractivity contribution in [2.75, 3.05) is 0 Å². The van der Waals surface area contributed by atoms with Crippen LogP contribution in [0.1, 0.15) is 88.2 Å². The Kier molecular flexibility index (Phi) is 9.38. The predicted molar refractivity (Wildman–Crippen MR) is 139 cm³/mol. The van der Waals surface area contributed by atoms with E-state index in [9.17, 15) is 14.3 Å². The van der Waals surface area contributed by atoms with E-state index < -0.39 is 23.8 Å². The van der Waals surface area contributed by atoms with Crippen molar-refractivity contribution >= 4 is 5.97 Å². The molecule has 2 saturated carbocycles. The van der Waals surface area contributed by atoms with Gasteiger partial charge in [-0.25, -0.2) is 4.39 Å². The number of rotatable bonds is 6. The first-order chi connectivity index (χ1) is 17.4. The van der Waals surface area contributed by atoms with E-state index in [0.29, 0.717) is 12.2 Å². The van der Waals surface area contributed by atoms with E-state index in [4.69, 9.17) is 9.84 Å². The van der Waals surface area contributed by atoms with E-state index in [0.717, 1.165) is 23.7 Å². The van der Waals surface area contributed by atoms with Crippen molar-refractivity contribution in [3.05, 3.63) is 65.5 Å². The summed E-state index contributed by atoms with van der Waals surface area (Å²) in [6.07, 6.45) is 14.3. The summed E-state index contributed by atoms with van der Waals surface area (Å²) >= 11 is 0. The molecule has 1 aliphatic heterocycles. The van der Waals surface area contributed by atoms with E-state index >= 15 is 0 Å².